The molecule has 0 unspecified atom stereocenters. The van der Waals surface area contributed by atoms with Crippen LogP contribution in [0.5, 0.6) is 0 Å². The molecule has 1 saturated heterocycles. The molecule has 3 N–H and O–H groups in total. The number of para-hydroxylation sites is 3. The Morgan fingerprint density at radius 2 is 1.61 bits per heavy atom. The van der Waals surface area contributed by atoms with Crippen molar-refractivity contribution < 1.29 is 37.5 Å². The maximum atomic E-state index is 13.6. The Hall–Kier alpha value is -3.93. The normalized spacial score (nSPS) is 15.4. The van der Waals surface area contributed by atoms with Crippen molar-refractivity contribution in [2.24, 2.45) is 5.92 Å². The molecule has 2 aromatic rings. The van der Waals surface area contributed by atoms with Crippen LogP contribution in [-0.2, 0) is 14.4 Å². The minimum atomic E-state index is -5.08. The van der Waals surface area contributed by atoms with Gasteiger partial charge in [0.15, 0.2) is 0 Å². The number of carboxylic acids is 1. The monoisotopic (exact) mass is 576 g/mol. The van der Waals surface area contributed by atoms with Gasteiger partial charge in [-0.3, -0.25) is 24.2 Å². The lowest BCUT2D eigenvalue weighted by atomic mass is 9.91. The smallest absolute Gasteiger partial charge is 0.475 e. The zero-order chi connectivity index (χ0) is 30.0. The minimum Gasteiger partial charge on any atom is -0.475 e. The van der Waals surface area contributed by atoms with E-state index in [1.807, 2.05) is 49.4 Å². The summed E-state index contributed by atoms with van der Waals surface area (Å²) in [6.07, 6.45) is 0.938. The van der Waals surface area contributed by atoms with Crippen LogP contribution in [0.1, 0.15) is 55.8 Å². The van der Waals surface area contributed by atoms with Crippen molar-refractivity contribution in [3.8, 4) is 0 Å². The number of rotatable bonds is 8. The molecule has 2 aliphatic heterocycles. The number of halogens is 3. The van der Waals surface area contributed by atoms with E-state index in [9.17, 15) is 27.6 Å². The maximum absolute atomic E-state index is 13.6. The molecule has 0 bridgehead atoms. The van der Waals surface area contributed by atoms with Gasteiger partial charge in [-0.2, -0.15) is 13.2 Å². The number of amides is 3. The van der Waals surface area contributed by atoms with E-state index in [0.717, 1.165) is 45.3 Å². The van der Waals surface area contributed by atoms with Crippen molar-refractivity contribution in [1.29, 1.82) is 0 Å². The first-order chi connectivity index (χ1) is 19.5. The molecular weight excluding hydrogens is 541 g/mol. The lowest BCUT2D eigenvalue weighted by molar-refractivity contribution is -0.192. The molecule has 41 heavy (non-hydrogen) atoms. The largest absolute Gasteiger partial charge is 0.490 e. The van der Waals surface area contributed by atoms with Crippen LogP contribution in [0.2, 0.25) is 0 Å². The molecule has 9 nitrogen and oxygen atoms in total. The van der Waals surface area contributed by atoms with Crippen LogP contribution < -0.4 is 15.5 Å². The third-order valence-corrected chi connectivity index (χ3v) is 7.02. The Balaban J connectivity index is 0.000000587. The zero-order valence-electron chi connectivity index (χ0n) is 22.9. The first kappa shape index (κ1) is 31.6. The van der Waals surface area contributed by atoms with E-state index >= 15 is 0 Å². The molecule has 0 radical (unpaired) electrons. The highest BCUT2D eigenvalue weighted by atomic mass is 19.4. The number of unbranched alkanes of at least 4 members (excludes halogenated alkanes) is 1. The van der Waals surface area contributed by atoms with E-state index in [0.29, 0.717) is 41.5 Å². The summed E-state index contributed by atoms with van der Waals surface area (Å²) in [7, 11) is 0. The van der Waals surface area contributed by atoms with Gasteiger partial charge in [0, 0.05) is 13.0 Å². The molecule has 0 saturated carbocycles. The average molecular weight is 577 g/mol. The third-order valence-electron chi connectivity index (χ3n) is 7.02. The van der Waals surface area contributed by atoms with Crippen LogP contribution in [0.4, 0.5) is 30.2 Å². The fourth-order valence-electron chi connectivity index (χ4n) is 4.83. The van der Waals surface area contributed by atoms with Crippen molar-refractivity contribution in [3.05, 3.63) is 54.1 Å². The number of nitrogens with zero attached hydrogens (tertiary/aromatic N) is 2. The Morgan fingerprint density at radius 1 is 1.00 bits per heavy atom. The third kappa shape index (κ3) is 9.04. The molecule has 3 amide bonds. The number of benzene rings is 2. The summed E-state index contributed by atoms with van der Waals surface area (Å²) >= 11 is 0. The molecule has 0 aliphatic carbocycles. The summed E-state index contributed by atoms with van der Waals surface area (Å²) in [6.45, 7) is 4.76. The Labute approximate surface area is 236 Å². The second-order valence-electron chi connectivity index (χ2n) is 9.94. The average Bonchev–Trinajstić information content (AvgIpc) is 3.07. The zero-order valence-corrected chi connectivity index (χ0v) is 22.9. The van der Waals surface area contributed by atoms with Crippen molar-refractivity contribution in [3.63, 3.8) is 0 Å². The number of carboxylic acid groups (broad SMARTS) is 1. The van der Waals surface area contributed by atoms with Crippen LogP contribution in [0.15, 0.2) is 48.5 Å². The van der Waals surface area contributed by atoms with Gasteiger partial charge in [0.05, 0.1) is 29.2 Å². The van der Waals surface area contributed by atoms with Crippen LogP contribution >= 0.6 is 0 Å². The number of aliphatic carboxylic acids is 1. The van der Waals surface area contributed by atoms with Crippen molar-refractivity contribution in [2.75, 3.05) is 36.4 Å². The number of hydrogen-bond acceptors (Lipinski definition) is 5. The molecule has 0 atom stereocenters. The van der Waals surface area contributed by atoms with E-state index < -0.39 is 12.1 Å². The molecule has 1 fully saturated rings. The number of hydrogen-bond donors (Lipinski definition) is 3. The fourth-order valence-corrected chi connectivity index (χ4v) is 4.83. The van der Waals surface area contributed by atoms with Gasteiger partial charge in [0.2, 0.25) is 11.8 Å². The van der Waals surface area contributed by atoms with Gasteiger partial charge >= 0.3 is 12.1 Å². The summed E-state index contributed by atoms with van der Waals surface area (Å²) in [5.74, 6) is -2.19. The molecule has 0 aromatic heterocycles. The number of nitrogens with one attached hydrogen (secondary N) is 2. The van der Waals surface area contributed by atoms with E-state index in [4.69, 9.17) is 9.90 Å². The van der Waals surface area contributed by atoms with Gasteiger partial charge in [0.1, 0.15) is 0 Å². The Kier molecular flexibility index (Phi) is 11.3. The molecule has 222 valence electrons. The molecule has 12 heteroatoms. The predicted octanol–water partition coefficient (Wildman–Crippen LogP) is 4.96. The molecular formula is C29H35F3N4O5. The number of carbonyl (C=O) groups excluding carboxylic acids is 3. The summed E-state index contributed by atoms with van der Waals surface area (Å²) < 4.78 is 31.7. The fraction of sp³-hybridized carbons (Fsp3) is 0.448. The lowest BCUT2D eigenvalue weighted by Gasteiger charge is -2.33. The minimum absolute atomic E-state index is 0.0264. The van der Waals surface area contributed by atoms with Crippen LogP contribution in [-0.4, -0.2) is 66.1 Å². The summed E-state index contributed by atoms with van der Waals surface area (Å²) in [5, 5.41) is 13.0. The standard InChI is InChI=1S/C27H34N4O3.C2HF3O2/c1-2-25(32)28-16-8-7-9-20-14-17-30(18-15-20)19-26(33)31-23-12-5-3-10-21(23)27(34)29-22-11-4-6-13-24(22)31;3-2(4,5)1(6)7/h3-6,10-13,20H,2,7-9,14-19H2,1H3,(H,28,32)(H,29,34);(H,6,7). The van der Waals surface area contributed by atoms with E-state index in [1.54, 1.807) is 11.0 Å². The maximum Gasteiger partial charge on any atom is 0.490 e. The molecule has 0 spiro atoms. The number of anilines is 3. The van der Waals surface area contributed by atoms with Crippen LogP contribution in [0, 0.1) is 5.92 Å². The highest BCUT2D eigenvalue weighted by Crippen LogP contribution is 2.38. The van der Waals surface area contributed by atoms with Crippen molar-refractivity contribution >= 4 is 40.8 Å². The number of fused-ring (bicyclic) bond motifs is 2. The predicted molar refractivity (Wildman–Crippen MR) is 148 cm³/mol. The highest BCUT2D eigenvalue weighted by Gasteiger charge is 2.38. The van der Waals surface area contributed by atoms with E-state index in [-0.39, 0.29) is 17.7 Å². The van der Waals surface area contributed by atoms with Gasteiger partial charge < -0.3 is 15.7 Å². The molecule has 2 aromatic carbocycles. The topological polar surface area (TPSA) is 119 Å². The van der Waals surface area contributed by atoms with Gasteiger partial charge in [-0.05, 0) is 62.5 Å². The summed E-state index contributed by atoms with van der Waals surface area (Å²) in [6, 6.07) is 14.7. The van der Waals surface area contributed by atoms with Crippen LogP contribution in [0.25, 0.3) is 0 Å². The number of piperidine rings is 1. The first-order valence-corrected chi connectivity index (χ1v) is 13.6. The number of likely N-dealkylation sites (tertiary alicyclic amines) is 1. The molecule has 4 rings (SSSR count). The molecule has 2 aliphatic rings. The van der Waals surface area contributed by atoms with Crippen molar-refractivity contribution in [2.45, 2.75) is 51.6 Å². The quantitative estimate of drug-likeness (QED) is 0.383. The lowest BCUT2D eigenvalue weighted by Crippen LogP contribution is -2.42. The number of carbonyl (C=O) groups is 4. The molecule has 2 heterocycles. The highest BCUT2D eigenvalue weighted by molar-refractivity contribution is 6.17. The van der Waals surface area contributed by atoms with Crippen molar-refractivity contribution in [1.82, 2.24) is 10.2 Å². The van der Waals surface area contributed by atoms with Gasteiger partial charge in [-0.15, -0.1) is 0 Å². The summed E-state index contributed by atoms with van der Waals surface area (Å²) in [5.41, 5.74) is 2.47. The van der Waals surface area contributed by atoms with Gasteiger partial charge in [0.25, 0.3) is 5.91 Å². The number of alkyl halides is 3. The summed E-state index contributed by atoms with van der Waals surface area (Å²) in [4.78, 5) is 50.5. The Bertz CT molecular complexity index is 1230. The van der Waals surface area contributed by atoms with Crippen LogP contribution in [0.3, 0.4) is 0 Å². The van der Waals surface area contributed by atoms with Gasteiger partial charge in [-0.25, -0.2) is 4.79 Å². The first-order valence-electron chi connectivity index (χ1n) is 13.6. The SMILES string of the molecule is CCC(=O)NCCCCC1CCN(CC(=O)N2c3ccccc3NC(=O)c3ccccc32)CC1.O=C(O)C(F)(F)F. The van der Waals surface area contributed by atoms with E-state index in [2.05, 4.69) is 15.5 Å². The van der Waals surface area contributed by atoms with E-state index in [1.165, 1.54) is 6.42 Å². The Morgan fingerprint density at radius 3 is 2.24 bits per heavy atom. The van der Waals surface area contributed by atoms with Gasteiger partial charge in [-0.1, -0.05) is 44.0 Å². The second kappa shape index (κ2) is 14.6. The second-order valence-corrected chi connectivity index (χ2v) is 9.94.